The molecule has 7 nitrogen and oxygen atoms in total. The van der Waals surface area contributed by atoms with Crippen LogP contribution >= 0.6 is 0 Å². The van der Waals surface area contributed by atoms with E-state index in [0.29, 0.717) is 30.6 Å². The number of nitrogens with zero attached hydrogens (tertiary/aromatic N) is 5. The molecule has 0 aliphatic carbocycles. The number of benzene rings is 1. The Labute approximate surface area is 149 Å². The highest BCUT2D eigenvalue weighted by Gasteiger charge is 2.27. The van der Waals surface area contributed by atoms with Gasteiger partial charge in [-0.15, -0.1) is 0 Å². The van der Waals surface area contributed by atoms with Gasteiger partial charge in [-0.05, 0) is 37.1 Å². The Kier molecular flexibility index (Phi) is 4.24. The summed E-state index contributed by atoms with van der Waals surface area (Å²) in [6.45, 7) is 1.40. The van der Waals surface area contributed by atoms with E-state index in [-0.39, 0.29) is 17.3 Å². The van der Waals surface area contributed by atoms with Crippen LogP contribution < -0.4 is 10.5 Å². The fourth-order valence-corrected chi connectivity index (χ4v) is 3.16. The maximum absolute atomic E-state index is 13.0. The summed E-state index contributed by atoms with van der Waals surface area (Å²) < 4.78 is 20.0. The second kappa shape index (κ2) is 6.70. The monoisotopic (exact) mass is 355 g/mol. The van der Waals surface area contributed by atoms with Crippen LogP contribution in [0, 0.1) is 5.82 Å². The van der Waals surface area contributed by atoms with E-state index >= 15 is 0 Å². The summed E-state index contributed by atoms with van der Waals surface area (Å²) in [6, 6.07) is 6.00. The zero-order valence-electron chi connectivity index (χ0n) is 14.3. The van der Waals surface area contributed by atoms with Gasteiger partial charge in [0, 0.05) is 44.0 Å². The fraction of sp³-hybridized carbons (Fsp3) is 0.333. The topological polar surface area (TPSA) is 77.1 Å². The van der Waals surface area contributed by atoms with Crippen LogP contribution in [0.25, 0.3) is 11.4 Å². The first-order chi connectivity index (χ1) is 12.6. The molecule has 1 fully saturated rings. The number of aromatic nitrogens is 4. The molecule has 0 atom stereocenters. The van der Waals surface area contributed by atoms with Gasteiger partial charge in [0.15, 0.2) is 5.82 Å². The zero-order chi connectivity index (χ0) is 18.1. The van der Waals surface area contributed by atoms with Crippen molar-refractivity contribution in [3.63, 3.8) is 0 Å². The van der Waals surface area contributed by atoms with Crippen molar-refractivity contribution in [2.75, 3.05) is 18.0 Å². The summed E-state index contributed by atoms with van der Waals surface area (Å²) in [4.78, 5) is 22.9. The normalized spacial score (nSPS) is 15.4. The summed E-state index contributed by atoms with van der Waals surface area (Å²) in [6.07, 6.45) is 4.87. The van der Waals surface area contributed by atoms with Gasteiger partial charge in [0.2, 0.25) is 11.7 Å². The molecular formula is C18H18FN5O2. The average Bonchev–Trinajstić information content (AvgIpc) is 3.15. The van der Waals surface area contributed by atoms with E-state index in [1.165, 1.54) is 16.7 Å². The molecule has 1 saturated heterocycles. The quantitative estimate of drug-likeness (QED) is 0.718. The van der Waals surface area contributed by atoms with Crippen LogP contribution in [0.2, 0.25) is 0 Å². The predicted molar refractivity (Wildman–Crippen MR) is 93.4 cm³/mol. The molecule has 26 heavy (non-hydrogen) atoms. The van der Waals surface area contributed by atoms with E-state index in [1.54, 1.807) is 31.6 Å². The second-order valence-electron chi connectivity index (χ2n) is 6.39. The molecule has 1 aromatic carbocycles. The molecule has 0 spiro atoms. The van der Waals surface area contributed by atoms with Gasteiger partial charge in [-0.2, -0.15) is 4.98 Å². The Morgan fingerprint density at radius 1 is 1.19 bits per heavy atom. The first-order valence-corrected chi connectivity index (χ1v) is 8.48. The SMILES string of the molecule is Cn1ccnc(N2CCC(c3nc(-c4ccc(F)cc4)no3)CC2)c1=O. The fourth-order valence-electron chi connectivity index (χ4n) is 3.16. The van der Waals surface area contributed by atoms with Gasteiger partial charge in [0.1, 0.15) is 5.82 Å². The number of aryl methyl sites for hydroxylation is 1. The van der Waals surface area contributed by atoms with Crippen molar-refractivity contribution < 1.29 is 8.91 Å². The Hall–Kier alpha value is -3.03. The van der Waals surface area contributed by atoms with Crippen LogP contribution in [-0.2, 0) is 7.05 Å². The van der Waals surface area contributed by atoms with Gasteiger partial charge < -0.3 is 14.0 Å². The lowest BCUT2D eigenvalue weighted by atomic mass is 9.97. The molecule has 2 aromatic heterocycles. The second-order valence-corrected chi connectivity index (χ2v) is 6.39. The minimum atomic E-state index is -0.300. The van der Waals surface area contributed by atoms with Crippen molar-refractivity contribution in [3.8, 4) is 11.4 Å². The first kappa shape index (κ1) is 16.4. The molecule has 3 aromatic rings. The van der Waals surface area contributed by atoms with Crippen molar-refractivity contribution in [2.24, 2.45) is 7.05 Å². The molecule has 3 heterocycles. The molecule has 4 rings (SSSR count). The number of rotatable bonds is 3. The number of piperidine rings is 1. The Balaban J connectivity index is 1.46. The number of halogens is 1. The number of hydrogen-bond acceptors (Lipinski definition) is 6. The van der Waals surface area contributed by atoms with Gasteiger partial charge in [-0.3, -0.25) is 4.79 Å². The van der Waals surface area contributed by atoms with E-state index in [2.05, 4.69) is 15.1 Å². The van der Waals surface area contributed by atoms with E-state index in [9.17, 15) is 9.18 Å². The summed E-state index contributed by atoms with van der Waals surface area (Å²) in [5, 5.41) is 4.01. The van der Waals surface area contributed by atoms with Gasteiger partial charge in [0.05, 0.1) is 0 Å². The lowest BCUT2D eigenvalue weighted by molar-refractivity contribution is 0.329. The van der Waals surface area contributed by atoms with Crippen LogP contribution in [0.15, 0.2) is 46.0 Å². The number of anilines is 1. The highest BCUT2D eigenvalue weighted by atomic mass is 19.1. The standard InChI is InChI=1S/C18H18FN5O2/c1-23-11-8-20-16(18(23)25)24-9-6-13(7-10-24)17-21-15(22-26-17)12-2-4-14(19)5-3-12/h2-5,8,11,13H,6-7,9-10H2,1H3. The smallest absolute Gasteiger partial charge is 0.293 e. The van der Waals surface area contributed by atoms with Gasteiger partial charge in [-0.25, -0.2) is 9.37 Å². The van der Waals surface area contributed by atoms with E-state index in [0.717, 1.165) is 18.4 Å². The molecule has 0 amide bonds. The van der Waals surface area contributed by atoms with E-state index in [1.807, 2.05) is 4.90 Å². The lowest BCUT2D eigenvalue weighted by Crippen LogP contribution is -2.38. The third-order valence-electron chi connectivity index (χ3n) is 4.69. The molecule has 134 valence electrons. The zero-order valence-corrected chi connectivity index (χ0v) is 14.3. The summed E-state index contributed by atoms with van der Waals surface area (Å²) >= 11 is 0. The van der Waals surface area contributed by atoms with Crippen LogP contribution in [0.4, 0.5) is 10.2 Å². The largest absolute Gasteiger partial charge is 0.352 e. The highest BCUT2D eigenvalue weighted by molar-refractivity contribution is 5.53. The van der Waals surface area contributed by atoms with Gasteiger partial charge >= 0.3 is 0 Å². The molecule has 0 bridgehead atoms. The van der Waals surface area contributed by atoms with Crippen molar-refractivity contribution in [2.45, 2.75) is 18.8 Å². The van der Waals surface area contributed by atoms with E-state index < -0.39 is 0 Å². The van der Waals surface area contributed by atoms with Crippen LogP contribution in [-0.4, -0.2) is 32.8 Å². The molecule has 1 aliphatic heterocycles. The summed E-state index contributed by atoms with van der Waals surface area (Å²) in [5.41, 5.74) is 0.623. The summed E-state index contributed by atoms with van der Waals surface area (Å²) in [5.74, 6) is 1.36. The average molecular weight is 355 g/mol. The van der Waals surface area contributed by atoms with E-state index in [4.69, 9.17) is 4.52 Å². The maximum atomic E-state index is 13.0. The van der Waals surface area contributed by atoms with Crippen molar-refractivity contribution in [1.82, 2.24) is 19.7 Å². The van der Waals surface area contributed by atoms with Crippen molar-refractivity contribution in [1.29, 1.82) is 0 Å². The summed E-state index contributed by atoms with van der Waals surface area (Å²) in [7, 11) is 1.72. The Bertz CT molecular complexity index is 958. The van der Waals surface area contributed by atoms with Crippen molar-refractivity contribution >= 4 is 5.82 Å². The predicted octanol–water partition coefficient (Wildman–Crippen LogP) is 2.35. The Morgan fingerprint density at radius 3 is 2.65 bits per heavy atom. The molecule has 1 aliphatic rings. The maximum Gasteiger partial charge on any atom is 0.293 e. The number of hydrogen-bond donors (Lipinski definition) is 0. The lowest BCUT2D eigenvalue weighted by Gasteiger charge is -2.30. The molecular weight excluding hydrogens is 337 g/mol. The molecule has 0 radical (unpaired) electrons. The minimum absolute atomic E-state index is 0.0951. The van der Waals surface area contributed by atoms with Crippen LogP contribution in [0.3, 0.4) is 0 Å². The van der Waals surface area contributed by atoms with Crippen LogP contribution in [0.5, 0.6) is 0 Å². The van der Waals surface area contributed by atoms with Gasteiger partial charge in [0.25, 0.3) is 5.56 Å². The van der Waals surface area contributed by atoms with Crippen LogP contribution in [0.1, 0.15) is 24.7 Å². The third kappa shape index (κ3) is 3.10. The molecule has 8 heteroatoms. The minimum Gasteiger partial charge on any atom is -0.352 e. The third-order valence-corrected chi connectivity index (χ3v) is 4.69. The Morgan fingerprint density at radius 2 is 1.92 bits per heavy atom. The van der Waals surface area contributed by atoms with Crippen molar-refractivity contribution in [3.05, 3.63) is 58.7 Å². The first-order valence-electron chi connectivity index (χ1n) is 8.48. The molecule has 0 unspecified atom stereocenters. The highest BCUT2D eigenvalue weighted by Crippen LogP contribution is 2.29. The molecule has 0 saturated carbocycles. The van der Waals surface area contributed by atoms with Gasteiger partial charge in [-0.1, -0.05) is 5.16 Å². The molecule has 0 N–H and O–H groups in total.